The number of fused-ring (bicyclic) bond motifs is 1. The second-order valence-corrected chi connectivity index (χ2v) is 11.8. The highest BCUT2D eigenvalue weighted by atomic mass is 14.9. The number of nitrogens with zero attached hydrogens (tertiary/aromatic N) is 1. The maximum absolute atomic E-state index is 5.04. The van der Waals surface area contributed by atoms with Gasteiger partial charge in [-0.2, -0.15) is 0 Å². The van der Waals surface area contributed by atoms with Gasteiger partial charge in [0.15, 0.2) is 0 Å². The Kier molecular flexibility index (Phi) is 7.97. The van der Waals surface area contributed by atoms with E-state index in [9.17, 15) is 0 Å². The fraction of sp³-hybridized carbons (Fsp3) is 0.559. The summed E-state index contributed by atoms with van der Waals surface area (Å²) in [6.45, 7) is 9.96. The highest BCUT2D eigenvalue weighted by Gasteiger charge is 2.37. The molecule has 36 heavy (non-hydrogen) atoms. The number of benzene rings is 1. The van der Waals surface area contributed by atoms with Crippen molar-refractivity contribution in [1.29, 1.82) is 0 Å². The molecule has 1 N–H and O–H groups in total. The van der Waals surface area contributed by atoms with Crippen molar-refractivity contribution in [2.24, 2.45) is 11.8 Å². The molecular formula is C34H44N2. The summed E-state index contributed by atoms with van der Waals surface area (Å²) in [6, 6.07) is 12.4. The maximum atomic E-state index is 5.04. The summed E-state index contributed by atoms with van der Waals surface area (Å²) < 4.78 is 0. The quantitative estimate of drug-likeness (QED) is 0.402. The number of aromatic nitrogens is 1. The van der Waals surface area contributed by atoms with Crippen LogP contribution in [0.2, 0.25) is 0 Å². The van der Waals surface area contributed by atoms with Gasteiger partial charge in [0, 0.05) is 30.8 Å². The van der Waals surface area contributed by atoms with Gasteiger partial charge in [-0.25, -0.2) is 0 Å². The van der Waals surface area contributed by atoms with Crippen LogP contribution in [0.3, 0.4) is 0 Å². The summed E-state index contributed by atoms with van der Waals surface area (Å²) in [5.74, 6) is 10.0. The van der Waals surface area contributed by atoms with Crippen molar-refractivity contribution in [3.63, 3.8) is 0 Å². The molecule has 0 saturated heterocycles. The van der Waals surface area contributed by atoms with E-state index in [0.29, 0.717) is 17.9 Å². The molecule has 1 heterocycles. The molecule has 0 radical (unpaired) electrons. The number of unbranched alkanes of at least 4 members (excludes halogenated alkanes) is 1. The van der Waals surface area contributed by atoms with Gasteiger partial charge >= 0.3 is 0 Å². The number of hydrogen-bond acceptors (Lipinski definition) is 2. The van der Waals surface area contributed by atoms with Crippen LogP contribution < -0.4 is 5.32 Å². The molecule has 0 spiro atoms. The van der Waals surface area contributed by atoms with E-state index >= 15 is 0 Å². The summed E-state index contributed by atoms with van der Waals surface area (Å²) >= 11 is 0. The summed E-state index contributed by atoms with van der Waals surface area (Å²) in [6.07, 6.45) is 13.4. The van der Waals surface area contributed by atoms with Crippen molar-refractivity contribution in [1.82, 2.24) is 10.3 Å². The van der Waals surface area contributed by atoms with Crippen molar-refractivity contribution in [3.05, 3.63) is 64.5 Å². The van der Waals surface area contributed by atoms with E-state index in [0.717, 1.165) is 43.3 Å². The average Bonchev–Trinajstić information content (AvgIpc) is 2.92. The first-order chi connectivity index (χ1) is 17.5. The van der Waals surface area contributed by atoms with Gasteiger partial charge in [0.2, 0.25) is 0 Å². The highest BCUT2D eigenvalue weighted by Crippen LogP contribution is 2.51. The molecule has 0 bridgehead atoms. The fourth-order valence-electron chi connectivity index (χ4n) is 6.21. The number of hydrogen-bond donors (Lipinski definition) is 1. The molecule has 5 rings (SSSR count). The van der Waals surface area contributed by atoms with Crippen LogP contribution in [0.4, 0.5) is 0 Å². The van der Waals surface area contributed by atoms with Crippen LogP contribution in [0.25, 0.3) is 11.1 Å². The predicted molar refractivity (Wildman–Crippen MR) is 153 cm³/mol. The molecule has 1 aromatic carbocycles. The molecular weight excluding hydrogens is 436 g/mol. The van der Waals surface area contributed by atoms with E-state index in [-0.39, 0.29) is 0 Å². The zero-order valence-corrected chi connectivity index (χ0v) is 22.9. The van der Waals surface area contributed by atoms with Crippen LogP contribution in [-0.2, 0) is 6.54 Å². The Balaban J connectivity index is 1.61. The van der Waals surface area contributed by atoms with Crippen LogP contribution in [0, 0.1) is 23.7 Å². The molecule has 2 saturated carbocycles. The Morgan fingerprint density at radius 1 is 1.06 bits per heavy atom. The Hall–Kier alpha value is -2.37. The number of nitrogens with one attached hydrogen (secondary N) is 1. The van der Waals surface area contributed by atoms with Crippen molar-refractivity contribution in [3.8, 4) is 11.8 Å². The van der Waals surface area contributed by atoms with Crippen molar-refractivity contribution in [2.75, 3.05) is 0 Å². The van der Waals surface area contributed by atoms with Crippen LogP contribution in [-0.4, -0.2) is 11.0 Å². The van der Waals surface area contributed by atoms with Crippen LogP contribution in [0.1, 0.15) is 125 Å². The number of pyridine rings is 1. The lowest BCUT2D eigenvalue weighted by atomic mass is 9.67. The topological polar surface area (TPSA) is 24.9 Å². The molecule has 2 heteroatoms. The third kappa shape index (κ3) is 5.33. The average molecular weight is 481 g/mol. The molecule has 3 aliphatic rings. The molecule has 3 aliphatic carbocycles. The minimum atomic E-state index is 0.473. The van der Waals surface area contributed by atoms with E-state index in [1.165, 1.54) is 60.8 Å². The second kappa shape index (κ2) is 11.4. The number of allylic oxidation sites excluding steroid dienone is 2. The fourth-order valence-corrected chi connectivity index (χ4v) is 6.21. The lowest BCUT2D eigenvalue weighted by Gasteiger charge is -2.38. The zero-order valence-electron chi connectivity index (χ0n) is 22.9. The van der Waals surface area contributed by atoms with Crippen molar-refractivity contribution in [2.45, 2.75) is 110 Å². The normalized spacial score (nSPS) is 22.4. The number of rotatable bonds is 7. The van der Waals surface area contributed by atoms with E-state index in [4.69, 9.17) is 4.98 Å². The molecule has 0 aliphatic heterocycles. The molecule has 0 amide bonds. The molecule has 2 fully saturated rings. The van der Waals surface area contributed by atoms with Crippen molar-refractivity contribution < 1.29 is 0 Å². The lowest BCUT2D eigenvalue weighted by Crippen LogP contribution is -2.26. The minimum absolute atomic E-state index is 0.473. The first-order valence-electron chi connectivity index (χ1n) is 14.6. The molecule has 2 nitrogen and oxygen atoms in total. The second-order valence-electron chi connectivity index (χ2n) is 11.8. The van der Waals surface area contributed by atoms with Gasteiger partial charge in [0.05, 0.1) is 5.69 Å². The minimum Gasteiger partial charge on any atom is -0.310 e. The molecule has 1 aromatic heterocycles. The van der Waals surface area contributed by atoms with E-state index in [1.54, 1.807) is 11.1 Å². The van der Waals surface area contributed by atoms with Crippen LogP contribution in [0.5, 0.6) is 0 Å². The Bertz CT molecular complexity index is 1140. The lowest BCUT2D eigenvalue weighted by molar-refractivity contribution is 0.186. The maximum Gasteiger partial charge on any atom is 0.0674 e. The zero-order chi connectivity index (χ0) is 25.1. The largest absolute Gasteiger partial charge is 0.310 e. The van der Waals surface area contributed by atoms with Crippen LogP contribution in [0.15, 0.2) is 36.5 Å². The smallest absolute Gasteiger partial charge is 0.0674 e. The Morgan fingerprint density at radius 3 is 2.47 bits per heavy atom. The van der Waals surface area contributed by atoms with Gasteiger partial charge in [0.25, 0.3) is 0 Å². The van der Waals surface area contributed by atoms with E-state index < -0.39 is 0 Å². The predicted octanol–water partition coefficient (Wildman–Crippen LogP) is 8.48. The molecule has 2 atom stereocenters. The Labute approximate surface area is 219 Å². The third-order valence-electron chi connectivity index (χ3n) is 8.99. The summed E-state index contributed by atoms with van der Waals surface area (Å²) in [5, 5.41) is 3.52. The van der Waals surface area contributed by atoms with Crippen molar-refractivity contribution >= 4 is 11.1 Å². The van der Waals surface area contributed by atoms with Gasteiger partial charge in [0.1, 0.15) is 0 Å². The van der Waals surface area contributed by atoms with Gasteiger partial charge in [-0.05, 0) is 83.2 Å². The molecule has 2 unspecified atom stereocenters. The standard InChI is InChI=1S/C34H44N2/c1-5-6-7-14-29-30-17-16-28(26-10-8-11-26)19-32(30)24(4)31(27-12-9-13-27)20-33(29)34-18-15-25(22-36-34)21-35-23(2)3/h15-19,22-24,26-27,31,35H,5-6,8-13,20-21H2,1-4H3. The highest BCUT2D eigenvalue weighted by molar-refractivity contribution is 5.99. The third-order valence-corrected chi connectivity index (χ3v) is 8.99. The van der Waals surface area contributed by atoms with Gasteiger partial charge in [-0.1, -0.05) is 89.5 Å². The van der Waals surface area contributed by atoms with Crippen LogP contribution >= 0.6 is 0 Å². The molecule has 2 aromatic rings. The Morgan fingerprint density at radius 2 is 1.86 bits per heavy atom. The monoisotopic (exact) mass is 480 g/mol. The molecule has 190 valence electrons. The van der Waals surface area contributed by atoms with E-state index in [2.05, 4.69) is 81.4 Å². The SMILES string of the molecule is CCCC#CC1=C(c2ccc(CNC(C)C)cn2)CC(C2CCC2)C(C)c2cc(C3CCC3)ccc21. The van der Waals surface area contributed by atoms with Gasteiger partial charge in [-0.15, -0.1) is 0 Å². The first kappa shape index (κ1) is 25.3. The first-order valence-corrected chi connectivity index (χ1v) is 14.6. The summed E-state index contributed by atoms with van der Waals surface area (Å²) in [5.41, 5.74) is 9.46. The van der Waals surface area contributed by atoms with E-state index in [1.807, 2.05) is 0 Å². The summed E-state index contributed by atoms with van der Waals surface area (Å²) in [4.78, 5) is 5.04. The summed E-state index contributed by atoms with van der Waals surface area (Å²) in [7, 11) is 0. The van der Waals surface area contributed by atoms with Gasteiger partial charge in [-0.3, -0.25) is 4.98 Å². The van der Waals surface area contributed by atoms with Gasteiger partial charge < -0.3 is 5.32 Å².